The molecule has 1 heterocycles. The summed E-state index contributed by atoms with van der Waals surface area (Å²) in [7, 11) is 0. The zero-order chi connectivity index (χ0) is 10.7. The van der Waals surface area contributed by atoms with E-state index >= 15 is 0 Å². The van der Waals surface area contributed by atoms with Crippen molar-refractivity contribution in [1.29, 1.82) is 0 Å². The second-order valence-corrected chi connectivity index (χ2v) is 1.91. The van der Waals surface area contributed by atoms with Crippen molar-refractivity contribution in [2.45, 2.75) is 34.6 Å². The number of rotatable bonds is 1. The van der Waals surface area contributed by atoms with E-state index in [9.17, 15) is 4.79 Å². The maximum atomic E-state index is 10.1. The van der Waals surface area contributed by atoms with Crippen LogP contribution in [0.15, 0.2) is 18.5 Å². The highest BCUT2D eigenvalue weighted by Crippen LogP contribution is 1.96. The molecule has 13 heavy (non-hydrogen) atoms. The van der Waals surface area contributed by atoms with Gasteiger partial charge in [0.2, 0.25) is 0 Å². The van der Waals surface area contributed by atoms with Crippen LogP contribution in [0, 0.1) is 6.92 Å². The van der Waals surface area contributed by atoms with Gasteiger partial charge in [0.15, 0.2) is 6.29 Å². The molecule has 0 unspecified atom stereocenters. The number of nitrogens with zero attached hydrogens (tertiary/aromatic N) is 1. The van der Waals surface area contributed by atoms with E-state index in [2.05, 4.69) is 4.98 Å². The summed E-state index contributed by atoms with van der Waals surface area (Å²) in [4.78, 5) is 13.9. The highest BCUT2D eigenvalue weighted by Gasteiger charge is 1.87. The van der Waals surface area contributed by atoms with E-state index in [1.165, 1.54) is 0 Å². The number of hydrogen-bond acceptors (Lipinski definition) is 2. The van der Waals surface area contributed by atoms with Gasteiger partial charge >= 0.3 is 0 Å². The van der Waals surface area contributed by atoms with Gasteiger partial charge in [-0.05, 0) is 18.6 Å². The molecule has 0 saturated carbocycles. The summed E-state index contributed by atoms with van der Waals surface area (Å²) in [6.45, 7) is 9.90. The van der Waals surface area contributed by atoms with Crippen molar-refractivity contribution in [3.8, 4) is 0 Å². The fraction of sp³-hybridized carbons (Fsp3) is 0.455. The first kappa shape index (κ1) is 14.3. The maximum Gasteiger partial charge on any atom is 0.151 e. The normalized spacial score (nSPS) is 7.15. The Morgan fingerprint density at radius 2 is 1.69 bits per heavy atom. The van der Waals surface area contributed by atoms with E-state index in [0.29, 0.717) is 5.56 Å². The van der Waals surface area contributed by atoms with Crippen molar-refractivity contribution < 1.29 is 4.79 Å². The van der Waals surface area contributed by atoms with Gasteiger partial charge in [0.05, 0.1) is 0 Å². The van der Waals surface area contributed by atoms with Crippen LogP contribution in [-0.2, 0) is 0 Å². The van der Waals surface area contributed by atoms with Gasteiger partial charge in [-0.2, -0.15) is 0 Å². The van der Waals surface area contributed by atoms with Gasteiger partial charge in [0.25, 0.3) is 0 Å². The molecule has 0 aromatic carbocycles. The number of carbonyl (C=O) groups is 1. The van der Waals surface area contributed by atoms with Crippen molar-refractivity contribution in [3.05, 3.63) is 29.6 Å². The number of hydrogen-bond donors (Lipinski definition) is 0. The van der Waals surface area contributed by atoms with Crippen LogP contribution in [0.1, 0.15) is 43.6 Å². The van der Waals surface area contributed by atoms with Crippen LogP contribution in [0.4, 0.5) is 0 Å². The van der Waals surface area contributed by atoms with Crippen LogP contribution in [0.2, 0.25) is 0 Å². The maximum absolute atomic E-state index is 10.1. The third kappa shape index (κ3) is 7.19. The standard InChI is InChI=1S/C7H7NO.2C2H6/c1-6-2-7(5-9)4-8-3-6;2*1-2/h2-5H,1H3;2*1-2H3. The van der Waals surface area contributed by atoms with Crippen LogP contribution in [0.3, 0.4) is 0 Å². The lowest BCUT2D eigenvalue weighted by Crippen LogP contribution is -1.82. The highest BCUT2D eigenvalue weighted by atomic mass is 16.1. The summed E-state index contributed by atoms with van der Waals surface area (Å²) in [5.74, 6) is 0. The fourth-order valence-corrected chi connectivity index (χ4v) is 0.643. The molecule has 1 aromatic rings. The smallest absolute Gasteiger partial charge is 0.151 e. The first-order valence-corrected chi connectivity index (χ1v) is 4.70. The SMILES string of the molecule is CC.CC.Cc1cncc(C=O)c1. The Bertz CT molecular complexity index is 221. The average Bonchev–Trinajstić information content (AvgIpc) is 2.24. The lowest BCUT2D eigenvalue weighted by atomic mass is 10.2. The molecule has 0 spiro atoms. The van der Waals surface area contributed by atoms with E-state index < -0.39 is 0 Å². The second kappa shape index (κ2) is 10.8. The largest absolute Gasteiger partial charge is 0.298 e. The minimum atomic E-state index is 0.634. The van der Waals surface area contributed by atoms with Crippen LogP contribution in [-0.4, -0.2) is 11.3 Å². The summed E-state index contributed by atoms with van der Waals surface area (Å²) in [5, 5.41) is 0. The van der Waals surface area contributed by atoms with Crippen LogP contribution < -0.4 is 0 Å². The van der Waals surface area contributed by atoms with Gasteiger partial charge < -0.3 is 0 Å². The molecule has 0 radical (unpaired) electrons. The van der Waals surface area contributed by atoms with Crippen LogP contribution >= 0.6 is 0 Å². The zero-order valence-electron chi connectivity index (χ0n) is 9.16. The third-order valence-corrected chi connectivity index (χ3v) is 1.03. The van der Waals surface area contributed by atoms with Gasteiger partial charge in [0, 0.05) is 18.0 Å². The number of pyridine rings is 1. The van der Waals surface area contributed by atoms with Gasteiger partial charge in [-0.3, -0.25) is 9.78 Å². The molecule has 2 nitrogen and oxygen atoms in total. The second-order valence-electron chi connectivity index (χ2n) is 1.91. The summed E-state index contributed by atoms with van der Waals surface area (Å²) in [6, 6.07) is 1.79. The molecule has 0 aliphatic rings. The molecule has 1 rings (SSSR count). The summed E-state index contributed by atoms with van der Waals surface area (Å²) in [6.07, 6.45) is 4.05. The number of carbonyl (C=O) groups excluding carboxylic acids is 1. The van der Waals surface area contributed by atoms with Crippen LogP contribution in [0.25, 0.3) is 0 Å². The molecular formula is C11H19NO. The number of aryl methyl sites for hydroxylation is 1. The first-order chi connectivity index (χ1) is 6.33. The molecule has 0 amide bonds. The number of aromatic nitrogens is 1. The van der Waals surface area contributed by atoms with E-state index in [1.54, 1.807) is 18.5 Å². The van der Waals surface area contributed by atoms with Crippen molar-refractivity contribution in [2.75, 3.05) is 0 Å². The number of aldehydes is 1. The summed E-state index contributed by atoms with van der Waals surface area (Å²) >= 11 is 0. The van der Waals surface area contributed by atoms with E-state index in [4.69, 9.17) is 0 Å². The van der Waals surface area contributed by atoms with E-state index in [1.807, 2.05) is 34.6 Å². The van der Waals surface area contributed by atoms with Crippen molar-refractivity contribution in [2.24, 2.45) is 0 Å². The molecule has 0 saturated heterocycles. The highest BCUT2D eigenvalue weighted by molar-refractivity contribution is 5.74. The molecule has 0 bridgehead atoms. The van der Waals surface area contributed by atoms with Gasteiger partial charge in [-0.1, -0.05) is 27.7 Å². The Morgan fingerprint density at radius 3 is 2.00 bits per heavy atom. The molecule has 0 aliphatic heterocycles. The molecule has 0 fully saturated rings. The Balaban J connectivity index is 0. The molecule has 2 heteroatoms. The van der Waals surface area contributed by atoms with Crippen LogP contribution in [0.5, 0.6) is 0 Å². The third-order valence-electron chi connectivity index (χ3n) is 1.03. The molecular weight excluding hydrogens is 162 g/mol. The predicted molar refractivity (Wildman–Crippen MR) is 57.1 cm³/mol. The predicted octanol–water partition coefficient (Wildman–Crippen LogP) is 3.25. The average molecular weight is 181 g/mol. The summed E-state index contributed by atoms with van der Waals surface area (Å²) in [5.41, 5.74) is 1.65. The lowest BCUT2D eigenvalue weighted by Gasteiger charge is -1.89. The van der Waals surface area contributed by atoms with Gasteiger partial charge in [0.1, 0.15) is 0 Å². The van der Waals surface area contributed by atoms with E-state index in [-0.39, 0.29) is 0 Å². The zero-order valence-corrected chi connectivity index (χ0v) is 9.16. The van der Waals surface area contributed by atoms with Gasteiger partial charge in [-0.15, -0.1) is 0 Å². The molecule has 0 aliphatic carbocycles. The minimum absolute atomic E-state index is 0.634. The Morgan fingerprint density at radius 1 is 1.15 bits per heavy atom. The monoisotopic (exact) mass is 181 g/mol. The van der Waals surface area contributed by atoms with Gasteiger partial charge in [-0.25, -0.2) is 0 Å². The van der Waals surface area contributed by atoms with Crippen molar-refractivity contribution >= 4 is 6.29 Å². The molecule has 1 aromatic heterocycles. The first-order valence-electron chi connectivity index (χ1n) is 4.70. The Kier molecular flexibility index (Phi) is 11.9. The molecule has 74 valence electrons. The quantitative estimate of drug-likeness (QED) is 0.622. The summed E-state index contributed by atoms with van der Waals surface area (Å²) < 4.78 is 0. The lowest BCUT2D eigenvalue weighted by molar-refractivity contribution is 0.112. The Hall–Kier alpha value is -1.18. The van der Waals surface area contributed by atoms with Crippen molar-refractivity contribution in [1.82, 2.24) is 4.98 Å². The minimum Gasteiger partial charge on any atom is -0.298 e. The van der Waals surface area contributed by atoms with E-state index in [0.717, 1.165) is 11.8 Å². The molecule has 0 N–H and O–H groups in total. The molecule has 0 atom stereocenters. The fourth-order valence-electron chi connectivity index (χ4n) is 0.643. The Labute approximate surface area is 81.0 Å². The van der Waals surface area contributed by atoms with Crippen molar-refractivity contribution in [3.63, 3.8) is 0 Å². The topological polar surface area (TPSA) is 30.0 Å².